The first-order valence-electron chi connectivity index (χ1n) is 13.4. The van der Waals surface area contributed by atoms with Gasteiger partial charge >= 0.3 is 6.36 Å². The summed E-state index contributed by atoms with van der Waals surface area (Å²) in [5.41, 5.74) is -0.339. The lowest BCUT2D eigenvalue weighted by Gasteiger charge is -2.39. The zero-order chi connectivity index (χ0) is 32.5. The number of hydrogen-bond donors (Lipinski definition) is 1. The number of alkyl halides is 5. The maximum Gasteiger partial charge on any atom is 0.573 e. The normalized spacial score (nSPS) is 18.5. The van der Waals surface area contributed by atoms with Crippen molar-refractivity contribution in [3.63, 3.8) is 0 Å². The smallest absolute Gasteiger partial charge is 0.406 e. The summed E-state index contributed by atoms with van der Waals surface area (Å²) in [7, 11) is 0. The van der Waals surface area contributed by atoms with Gasteiger partial charge in [-0.2, -0.15) is 5.26 Å². The SMILES string of the molecule is N#Cc1ccnc(N2C(=O)CC[C@H]2C(=O)N(c2cccc(OC(F)(F)F)c2)C(C(=O)NC2CC(F)(F)C2)c2ccccc2Cl)n1. The number of nitrogens with zero attached hydrogens (tertiary/aromatic N) is 5. The Morgan fingerprint density at radius 2 is 1.89 bits per heavy atom. The monoisotopic (exact) mass is 648 g/mol. The highest BCUT2D eigenvalue weighted by atomic mass is 35.5. The molecule has 2 heterocycles. The van der Waals surface area contributed by atoms with Crippen molar-refractivity contribution in [2.75, 3.05) is 9.80 Å². The first kappa shape index (κ1) is 31.6. The van der Waals surface area contributed by atoms with Crippen LogP contribution in [-0.4, -0.2) is 52.1 Å². The van der Waals surface area contributed by atoms with Crippen molar-refractivity contribution in [1.82, 2.24) is 15.3 Å². The van der Waals surface area contributed by atoms with Crippen molar-refractivity contribution < 1.29 is 41.1 Å². The predicted octanol–water partition coefficient (Wildman–Crippen LogP) is 5.08. The average molecular weight is 649 g/mol. The Kier molecular flexibility index (Phi) is 8.61. The number of amides is 3. The minimum absolute atomic E-state index is 0.0125. The van der Waals surface area contributed by atoms with Crippen LogP contribution in [0.1, 0.15) is 43.0 Å². The number of benzene rings is 2. The second kappa shape index (κ2) is 12.3. The molecule has 1 unspecified atom stereocenters. The summed E-state index contributed by atoms with van der Waals surface area (Å²) in [6, 6.07) is 9.13. The van der Waals surface area contributed by atoms with Crippen LogP contribution in [0.25, 0.3) is 0 Å². The molecule has 1 saturated carbocycles. The van der Waals surface area contributed by atoms with Crippen molar-refractivity contribution in [3.8, 4) is 11.8 Å². The number of nitrogens with one attached hydrogen (secondary N) is 1. The van der Waals surface area contributed by atoms with Crippen LogP contribution in [0.3, 0.4) is 0 Å². The molecule has 2 atom stereocenters. The summed E-state index contributed by atoms with van der Waals surface area (Å²) in [6.45, 7) is 0. The van der Waals surface area contributed by atoms with E-state index in [1.165, 1.54) is 42.6 Å². The lowest BCUT2D eigenvalue weighted by molar-refractivity contribution is -0.274. The van der Waals surface area contributed by atoms with Gasteiger partial charge in [-0.1, -0.05) is 35.9 Å². The molecule has 0 spiro atoms. The van der Waals surface area contributed by atoms with Gasteiger partial charge < -0.3 is 10.1 Å². The molecule has 234 valence electrons. The Labute approximate surface area is 257 Å². The van der Waals surface area contributed by atoms with Gasteiger partial charge in [0.2, 0.25) is 17.8 Å². The minimum atomic E-state index is -5.10. The molecule has 0 radical (unpaired) electrons. The lowest BCUT2D eigenvalue weighted by Crippen LogP contribution is -2.56. The van der Waals surface area contributed by atoms with Crippen molar-refractivity contribution in [2.24, 2.45) is 0 Å². The van der Waals surface area contributed by atoms with E-state index < -0.39 is 66.7 Å². The van der Waals surface area contributed by atoms with Gasteiger partial charge in [0, 0.05) is 53.8 Å². The van der Waals surface area contributed by atoms with Gasteiger partial charge in [-0.25, -0.2) is 18.7 Å². The third kappa shape index (κ3) is 6.96. The highest BCUT2D eigenvalue weighted by molar-refractivity contribution is 6.31. The third-order valence-corrected chi connectivity index (χ3v) is 7.52. The van der Waals surface area contributed by atoms with Crippen molar-refractivity contribution in [2.45, 2.75) is 56.1 Å². The van der Waals surface area contributed by atoms with Crippen LogP contribution in [0.2, 0.25) is 5.02 Å². The first-order valence-corrected chi connectivity index (χ1v) is 13.8. The minimum Gasteiger partial charge on any atom is -0.406 e. The largest absolute Gasteiger partial charge is 0.573 e. The van der Waals surface area contributed by atoms with E-state index in [1.54, 1.807) is 0 Å². The molecule has 1 N–H and O–H groups in total. The molecule has 5 rings (SSSR count). The summed E-state index contributed by atoms with van der Waals surface area (Å²) in [6.07, 6.45) is -5.48. The summed E-state index contributed by atoms with van der Waals surface area (Å²) < 4.78 is 70.8. The molecule has 45 heavy (non-hydrogen) atoms. The van der Waals surface area contributed by atoms with Gasteiger partial charge in [0.15, 0.2) is 0 Å². The van der Waals surface area contributed by atoms with E-state index in [0.29, 0.717) is 0 Å². The molecule has 3 aromatic rings. The number of ether oxygens (including phenoxy) is 1. The fourth-order valence-electron chi connectivity index (χ4n) is 5.23. The molecule has 1 saturated heterocycles. The van der Waals surface area contributed by atoms with Crippen LogP contribution in [0.4, 0.5) is 33.6 Å². The van der Waals surface area contributed by atoms with E-state index in [1.807, 2.05) is 6.07 Å². The third-order valence-electron chi connectivity index (χ3n) is 7.18. The highest BCUT2D eigenvalue weighted by Crippen LogP contribution is 2.40. The number of halogens is 6. The molecule has 2 aliphatic rings. The standard InChI is InChI=1S/C29H22ClF5N6O4/c30-21-7-2-1-6-20(21)24(25(43)38-17-13-28(31,32)14-17)40(18-4-3-5-19(12-18)45-29(33,34)35)26(44)22-8-9-23(42)41(22)27-37-11-10-16(15-36)39-27/h1-7,10-12,17,22,24H,8-9,13-14H2,(H,38,43)/t22-,24?/m0/s1. The molecule has 16 heteroatoms. The van der Waals surface area contributed by atoms with E-state index in [0.717, 1.165) is 28.0 Å². The van der Waals surface area contributed by atoms with Gasteiger partial charge in [0.05, 0.1) is 0 Å². The Morgan fingerprint density at radius 3 is 2.56 bits per heavy atom. The Balaban J connectivity index is 1.64. The molecule has 10 nitrogen and oxygen atoms in total. The number of anilines is 2. The fourth-order valence-corrected chi connectivity index (χ4v) is 5.47. The Morgan fingerprint density at radius 1 is 1.16 bits per heavy atom. The predicted molar refractivity (Wildman–Crippen MR) is 148 cm³/mol. The Bertz CT molecular complexity index is 1680. The van der Waals surface area contributed by atoms with Gasteiger partial charge in [-0.15, -0.1) is 13.2 Å². The lowest BCUT2D eigenvalue weighted by atomic mass is 9.87. The van der Waals surface area contributed by atoms with Crippen LogP contribution >= 0.6 is 11.6 Å². The number of carbonyl (C=O) groups excluding carboxylic acids is 3. The van der Waals surface area contributed by atoms with E-state index in [4.69, 9.17) is 11.6 Å². The zero-order valence-corrected chi connectivity index (χ0v) is 23.7. The topological polar surface area (TPSA) is 129 Å². The highest BCUT2D eigenvalue weighted by Gasteiger charge is 2.49. The number of rotatable bonds is 8. The van der Waals surface area contributed by atoms with E-state index in [2.05, 4.69) is 20.0 Å². The molecule has 2 fully saturated rings. The van der Waals surface area contributed by atoms with Crippen LogP contribution in [0.15, 0.2) is 60.8 Å². The van der Waals surface area contributed by atoms with Gasteiger partial charge in [-0.05, 0) is 30.7 Å². The molecule has 1 aliphatic carbocycles. The van der Waals surface area contributed by atoms with E-state index in [-0.39, 0.29) is 40.8 Å². The second-order valence-corrected chi connectivity index (χ2v) is 10.7. The van der Waals surface area contributed by atoms with Gasteiger partial charge in [0.25, 0.3) is 11.8 Å². The van der Waals surface area contributed by atoms with E-state index >= 15 is 0 Å². The van der Waals surface area contributed by atoms with Crippen molar-refractivity contribution >= 4 is 41.0 Å². The fraction of sp³-hybridized carbons (Fsp3) is 0.310. The molecule has 1 aromatic heterocycles. The van der Waals surface area contributed by atoms with Gasteiger partial charge in [0.1, 0.15) is 29.6 Å². The molecule has 1 aliphatic heterocycles. The zero-order valence-electron chi connectivity index (χ0n) is 23.0. The number of nitriles is 1. The average Bonchev–Trinajstić information content (AvgIpc) is 3.35. The van der Waals surface area contributed by atoms with Gasteiger partial charge in [-0.3, -0.25) is 24.2 Å². The molecule has 3 amide bonds. The maximum absolute atomic E-state index is 14.5. The van der Waals surface area contributed by atoms with Crippen molar-refractivity contribution in [3.05, 3.63) is 77.1 Å². The van der Waals surface area contributed by atoms with Crippen LogP contribution in [0.5, 0.6) is 5.75 Å². The van der Waals surface area contributed by atoms with Crippen molar-refractivity contribution in [1.29, 1.82) is 5.26 Å². The molecule has 0 bridgehead atoms. The van der Waals surface area contributed by atoms with Crippen LogP contribution in [-0.2, 0) is 14.4 Å². The molecular weight excluding hydrogens is 627 g/mol. The number of carbonyl (C=O) groups is 3. The first-order chi connectivity index (χ1) is 21.3. The second-order valence-electron chi connectivity index (χ2n) is 10.3. The molecular formula is C29H22ClF5N6O4. The van der Waals surface area contributed by atoms with Crippen LogP contribution in [0, 0.1) is 11.3 Å². The summed E-state index contributed by atoms with van der Waals surface area (Å²) in [5.74, 6) is -6.49. The number of aromatic nitrogens is 2. The Hall–Kier alpha value is -4.84. The summed E-state index contributed by atoms with van der Waals surface area (Å²) in [4.78, 5) is 51.3. The summed E-state index contributed by atoms with van der Waals surface area (Å²) in [5, 5.41) is 11.8. The van der Waals surface area contributed by atoms with E-state index in [9.17, 15) is 41.6 Å². The molecule has 2 aromatic carbocycles. The summed E-state index contributed by atoms with van der Waals surface area (Å²) >= 11 is 6.46. The number of hydrogen-bond acceptors (Lipinski definition) is 7. The van der Waals surface area contributed by atoms with Crippen LogP contribution < -0.4 is 19.9 Å². The quantitative estimate of drug-likeness (QED) is 0.337. The maximum atomic E-state index is 14.5.